The van der Waals surface area contributed by atoms with Gasteiger partial charge < -0.3 is 5.32 Å². The summed E-state index contributed by atoms with van der Waals surface area (Å²) in [5.41, 5.74) is -0.279. The first-order valence-electron chi connectivity index (χ1n) is 12.1. The topological polar surface area (TPSA) is 113 Å². The van der Waals surface area contributed by atoms with Crippen LogP contribution < -0.4 is 14.3 Å². The van der Waals surface area contributed by atoms with Gasteiger partial charge in [0.15, 0.2) is 0 Å². The van der Waals surface area contributed by atoms with Gasteiger partial charge in [0.1, 0.15) is 6.54 Å². The van der Waals surface area contributed by atoms with Crippen LogP contribution in [-0.2, 0) is 31.0 Å². The molecule has 0 spiro atoms. The molecule has 4 aromatic carbocycles. The van der Waals surface area contributed by atoms with Crippen molar-refractivity contribution in [3.63, 3.8) is 0 Å². The van der Waals surface area contributed by atoms with Crippen LogP contribution >= 0.6 is 11.6 Å². The average molecular weight is 638 g/mol. The molecule has 0 bridgehead atoms. The van der Waals surface area contributed by atoms with Crippen molar-refractivity contribution in [2.45, 2.75) is 22.9 Å². The van der Waals surface area contributed by atoms with E-state index < -0.39 is 44.2 Å². The van der Waals surface area contributed by atoms with Gasteiger partial charge in [0.2, 0.25) is 5.91 Å². The van der Waals surface area contributed by atoms with Crippen molar-refractivity contribution in [2.24, 2.45) is 0 Å². The molecule has 2 N–H and O–H groups in total. The van der Waals surface area contributed by atoms with E-state index in [0.717, 1.165) is 28.6 Å². The van der Waals surface area contributed by atoms with Gasteiger partial charge in [-0.25, -0.2) is 16.8 Å². The van der Waals surface area contributed by atoms with E-state index in [2.05, 4.69) is 10.0 Å². The third-order valence-corrected chi connectivity index (χ3v) is 9.54. The van der Waals surface area contributed by atoms with E-state index in [1.807, 2.05) is 0 Å². The summed E-state index contributed by atoms with van der Waals surface area (Å²) in [4.78, 5) is 12.7. The van der Waals surface area contributed by atoms with Crippen molar-refractivity contribution in [1.29, 1.82) is 0 Å². The Balaban J connectivity index is 1.53. The monoisotopic (exact) mass is 637 g/mol. The Morgan fingerprint density at radius 2 is 1.48 bits per heavy atom. The van der Waals surface area contributed by atoms with E-state index in [1.54, 1.807) is 31.2 Å². The standard InChI is InChI=1S/C28H23ClF3N3O5S2/c1-19-10-13-23(17-26(19)29)35(42(39,40)25-8-3-2-4-9-25)18-27(36)33-21-11-14-24(15-12-21)41(37,38)34-22-7-5-6-20(16-22)28(30,31)32/h2-17,34H,18H2,1H3,(H,33,36). The first kappa shape index (κ1) is 30.9. The number of rotatable bonds is 9. The SMILES string of the molecule is Cc1ccc(N(CC(=O)Nc2ccc(S(=O)(=O)Nc3cccc(C(F)(F)F)c3)cc2)S(=O)(=O)c2ccccc2)cc1Cl. The lowest BCUT2D eigenvalue weighted by atomic mass is 10.2. The summed E-state index contributed by atoms with van der Waals surface area (Å²) in [6.45, 7) is 1.11. The minimum atomic E-state index is -4.65. The Kier molecular flexibility index (Phi) is 8.85. The second-order valence-electron chi connectivity index (χ2n) is 9.01. The number of carbonyl (C=O) groups is 1. The van der Waals surface area contributed by atoms with Crippen LogP contribution in [0.25, 0.3) is 0 Å². The van der Waals surface area contributed by atoms with Crippen molar-refractivity contribution in [3.05, 3.63) is 113 Å². The summed E-state index contributed by atoms with van der Waals surface area (Å²) in [6.07, 6.45) is -4.65. The molecule has 4 rings (SSSR count). The van der Waals surface area contributed by atoms with E-state index in [4.69, 9.17) is 11.6 Å². The van der Waals surface area contributed by atoms with E-state index in [1.165, 1.54) is 42.5 Å². The molecule has 4 aromatic rings. The van der Waals surface area contributed by atoms with Crippen LogP contribution in [0.3, 0.4) is 0 Å². The Morgan fingerprint density at radius 1 is 0.810 bits per heavy atom. The summed E-state index contributed by atoms with van der Waals surface area (Å²) in [5.74, 6) is -0.732. The van der Waals surface area contributed by atoms with E-state index in [0.29, 0.717) is 16.7 Å². The highest BCUT2D eigenvalue weighted by Gasteiger charge is 2.31. The Bertz CT molecular complexity index is 1820. The first-order valence-corrected chi connectivity index (χ1v) is 15.4. The lowest BCUT2D eigenvalue weighted by molar-refractivity contribution is -0.137. The number of nitrogens with one attached hydrogen (secondary N) is 2. The third kappa shape index (κ3) is 7.22. The largest absolute Gasteiger partial charge is 0.416 e. The van der Waals surface area contributed by atoms with Crippen LogP contribution in [0.2, 0.25) is 5.02 Å². The lowest BCUT2D eigenvalue weighted by Gasteiger charge is -2.24. The average Bonchev–Trinajstić information content (AvgIpc) is 2.93. The molecule has 0 aliphatic rings. The molecule has 0 radical (unpaired) electrons. The predicted octanol–water partition coefficient (Wildman–Crippen LogP) is 6.30. The molecule has 0 saturated heterocycles. The Hall–Kier alpha value is -4.07. The molecule has 0 aromatic heterocycles. The summed E-state index contributed by atoms with van der Waals surface area (Å²) in [5, 5.41) is 2.83. The number of alkyl halides is 3. The maximum absolute atomic E-state index is 13.5. The van der Waals surface area contributed by atoms with Crippen molar-refractivity contribution in [2.75, 3.05) is 20.9 Å². The Labute approximate surface area is 245 Å². The van der Waals surface area contributed by atoms with Crippen molar-refractivity contribution >= 4 is 54.6 Å². The van der Waals surface area contributed by atoms with Gasteiger partial charge in [-0.05, 0) is 79.2 Å². The molecule has 0 unspecified atom stereocenters. The molecule has 1 amide bonds. The van der Waals surface area contributed by atoms with Crippen LogP contribution in [0.5, 0.6) is 0 Å². The maximum atomic E-state index is 13.5. The molecular formula is C28H23ClF3N3O5S2. The van der Waals surface area contributed by atoms with Crippen molar-refractivity contribution < 1.29 is 34.8 Å². The third-order valence-electron chi connectivity index (χ3n) is 5.95. The summed E-state index contributed by atoms with van der Waals surface area (Å²) >= 11 is 6.22. The van der Waals surface area contributed by atoms with Crippen LogP contribution in [-0.4, -0.2) is 29.3 Å². The fourth-order valence-corrected chi connectivity index (χ4v) is 6.45. The normalized spacial score (nSPS) is 12.0. The predicted molar refractivity (Wildman–Crippen MR) is 154 cm³/mol. The van der Waals surface area contributed by atoms with Crippen LogP contribution in [0.4, 0.5) is 30.2 Å². The van der Waals surface area contributed by atoms with Crippen molar-refractivity contribution in [3.8, 4) is 0 Å². The number of sulfonamides is 2. The molecular weight excluding hydrogens is 615 g/mol. The summed E-state index contributed by atoms with van der Waals surface area (Å²) in [6, 6.07) is 20.6. The summed E-state index contributed by atoms with van der Waals surface area (Å²) in [7, 11) is -8.45. The van der Waals surface area contributed by atoms with E-state index in [9.17, 15) is 34.8 Å². The van der Waals surface area contributed by atoms with E-state index in [-0.39, 0.29) is 26.9 Å². The number of halogens is 4. The van der Waals surface area contributed by atoms with Gasteiger partial charge in [-0.3, -0.25) is 13.8 Å². The maximum Gasteiger partial charge on any atom is 0.416 e. The van der Waals surface area contributed by atoms with Gasteiger partial charge >= 0.3 is 6.18 Å². The zero-order chi connectivity index (χ0) is 30.7. The number of aryl methyl sites for hydroxylation is 1. The van der Waals surface area contributed by atoms with Crippen LogP contribution in [0, 0.1) is 6.92 Å². The van der Waals surface area contributed by atoms with Crippen molar-refractivity contribution in [1.82, 2.24) is 0 Å². The molecule has 14 heteroatoms. The number of anilines is 3. The number of benzene rings is 4. The zero-order valence-corrected chi connectivity index (χ0v) is 24.2. The quantitative estimate of drug-likeness (QED) is 0.224. The Morgan fingerprint density at radius 3 is 2.10 bits per heavy atom. The molecule has 0 saturated carbocycles. The molecule has 0 atom stereocenters. The second-order valence-corrected chi connectivity index (χ2v) is 13.0. The van der Waals surface area contributed by atoms with Crippen LogP contribution in [0.1, 0.15) is 11.1 Å². The highest BCUT2D eigenvalue weighted by atomic mass is 35.5. The van der Waals surface area contributed by atoms with Gasteiger partial charge in [0.25, 0.3) is 20.0 Å². The highest BCUT2D eigenvalue weighted by Crippen LogP contribution is 2.31. The minimum Gasteiger partial charge on any atom is -0.325 e. The molecule has 0 fully saturated rings. The molecule has 0 aliphatic carbocycles. The smallest absolute Gasteiger partial charge is 0.325 e. The lowest BCUT2D eigenvalue weighted by Crippen LogP contribution is -2.38. The van der Waals surface area contributed by atoms with Gasteiger partial charge in [-0.15, -0.1) is 0 Å². The minimum absolute atomic E-state index is 0.0441. The highest BCUT2D eigenvalue weighted by molar-refractivity contribution is 7.93. The van der Waals surface area contributed by atoms with E-state index >= 15 is 0 Å². The first-order chi connectivity index (χ1) is 19.7. The number of hydrogen-bond acceptors (Lipinski definition) is 5. The fraction of sp³-hybridized carbons (Fsp3) is 0.107. The molecule has 220 valence electrons. The number of carbonyl (C=O) groups excluding carboxylic acids is 1. The van der Waals surface area contributed by atoms with Gasteiger partial charge in [-0.2, -0.15) is 13.2 Å². The molecule has 8 nitrogen and oxygen atoms in total. The molecule has 0 aliphatic heterocycles. The zero-order valence-electron chi connectivity index (χ0n) is 21.8. The number of nitrogens with zero attached hydrogens (tertiary/aromatic N) is 1. The molecule has 0 heterocycles. The number of hydrogen-bond donors (Lipinski definition) is 2. The van der Waals surface area contributed by atoms with Gasteiger partial charge in [-0.1, -0.05) is 41.9 Å². The fourth-order valence-electron chi connectivity index (χ4n) is 3.79. The summed E-state index contributed by atoms with van der Waals surface area (Å²) < 4.78 is 94.3. The van der Waals surface area contributed by atoms with Crippen LogP contribution in [0.15, 0.2) is 107 Å². The van der Waals surface area contributed by atoms with Gasteiger partial charge in [0, 0.05) is 16.4 Å². The second kappa shape index (κ2) is 12.0. The van der Waals surface area contributed by atoms with Gasteiger partial charge in [0.05, 0.1) is 21.0 Å². The number of amides is 1. The molecule has 42 heavy (non-hydrogen) atoms.